The van der Waals surface area contributed by atoms with E-state index in [1.165, 1.54) is 0 Å². The van der Waals surface area contributed by atoms with Crippen molar-refractivity contribution in [3.63, 3.8) is 0 Å². The number of anilines is 1. The summed E-state index contributed by atoms with van der Waals surface area (Å²) in [6.07, 6.45) is 0. The number of ether oxygens (including phenoxy) is 1. The summed E-state index contributed by atoms with van der Waals surface area (Å²) in [6.45, 7) is 2.04. The molecule has 0 bridgehead atoms. The lowest BCUT2D eigenvalue weighted by Crippen LogP contribution is -2.11. The Hall–Kier alpha value is -2.55. The molecule has 5 N–H and O–H groups in total. The number of carbonyl (C=O) groups is 1. The zero-order valence-corrected chi connectivity index (χ0v) is 14.4. The number of nitrogen functional groups attached to an aromatic ring is 1. The molecule has 0 aliphatic carbocycles. The van der Waals surface area contributed by atoms with Gasteiger partial charge in [-0.25, -0.2) is 4.79 Å². The topological polar surface area (TPSA) is 136 Å². The van der Waals surface area contributed by atoms with Gasteiger partial charge in [0, 0.05) is 22.4 Å². The van der Waals surface area contributed by atoms with Gasteiger partial charge in [-0.2, -0.15) is 4.98 Å². The summed E-state index contributed by atoms with van der Waals surface area (Å²) in [5.41, 5.74) is 9.03. The Bertz CT molecular complexity index is 848. The van der Waals surface area contributed by atoms with E-state index in [1.54, 1.807) is 25.1 Å². The van der Waals surface area contributed by atoms with E-state index in [9.17, 15) is 9.35 Å². The summed E-state index contributed by atoms with van der Waals surface area (Å²) < 4.78 is 17.6. The highest BCUT2D eigenvalue weighted by molar-refractivity contribution is 7.90. The Morgan fingerprint density at radius 1 is 1.32 bits per heavy atom. The Labute approximate surface area is 147 Å². The molecule has 132 valence electrons. The number of hydrogen-bond acceptors (Lipinski definition) is 5. The normalized spacial score (nSPS) is 11.8. The van der Waals surface area contributed by atoms with Crippen LogP contribution in [0.5, 0.6) is 0 Å². The van der Waals surface area contributed by atoms with E-state index in [2.05, 4.69) is 9.97 Å². The minimum Gasteiger partial charge on any atom is -0.609 e. The fourth-order valence-corrected chi connectivity index (χ4v) is 3.41. The highest BCUT2D eigenvalue weighted by Crippen LogP contribution is 2.22. The van der Waals surface area contributed by atoms with Gasteiger partial charge in [-0.1, -0.05) is 12.1 Å². The van der Waals surface area contributed by atoms with Crippen LogP contribution in [-0.2, 0) is 21.7 Å². The molecule has 0 saturated heterocycles. The summed E-state index contributed by atoms with van der Waals surface area (Å²) in [4.78, 5) is 19.2. The van der Waals surface area contributed by atoms with Crippen LogP contribution in [0.3, 0.4) is 0 Å². The van der Waals surface area contributed by atoms with Gasteiger partial charge in [-0.15, -0.1) is 0 Å². The van der Waals surface area contributed by atoms with Gasteiger partial charge in [0.15, 0.2) is 0 Å². The molecule has 1 heterocycles. The van der Waals surface area contributed by atoms with Gasteiger partial charge in [0.1, 0.15) is 5.75 Å². The second-order valence-corrected chi connectivity index (χ2v) is 6.55. The maximum Gasteiger partial charge on any atom is 0.338 e. The lowest BCUT2D eigenvalue weighted by Gasteiger charge is -2.10. The van der Waals surface area contributed by atoms with Crippen LogP contribution in [0.2, 0.25) is 0 Å². The number of para-hydroxylation sites is 2. The number of carbonyl (C=O) groups excluding carboxylic acids is 1. The molecule has 8 heteroatoms. The number of esters is 1. The predicted octanol–water partition coefficient (Wildman–Crippen LogP) is 1.80. The van der Waals surface area contributed by atoms with E-state index in [1.807, 2.05) is 24.3 Å². The molecule has 7 nitrogen and oxygen atoms in total. The number of imidazole rings is 1. The summed E-state index contributed by atoms with van der Waals surface area (Å²) in [5, 5.41) is 0.386. The number of H-pyrrole nitrogens is 1. The Kier molecular flexibility index (Phi) is 6.02. The Balaban J connectivity index is 0.00000225. The van der Waals surface area contributed by atoms with Crippen molar-refractivity contribution in [1.29, 1.82) is 0 Å². The van der Waals surface area contributed by atoms with E-state index < -0.39 is 17.1 Å². The third-order valence-electron chi connectivity index (χ3n) is 3.52. The molecule has 0 radical (unpaired) electrons. The standard InChI is InChI=1S/C17H17N3O3S.H2O/c1-2-23-16(21)11-7-8-13(18)12(9-11)10-24(22)17-19-14-5-3-4-6-15(14)20-17;/h3-9H,2,10,18H2,1H3,(H,19,20);1H2. The van der Waals surface area contributed by atoms with E-state index in [0.29, 0.717) is 28.6 Å². The SMILES string of the molecule is CCOC(=O)c1ccc(N)c(C[S+]([O-])c2nc3ccccc3[nH]2)c1.O. The third kappa shape index (κ3) is 4.11. The zero-order valence-electron chi connectivity index (χ0n) is 13.6. The minimum absolute atomic E-state index is 0. The largest absolute Gasteiger partial charge is 0.609 e. The average Bonchev–Trinajstić information content (AvgIpc) is 3.01. The highest BCUT2D eigenvalue weighted by Gasteiger charge is 2.19. The summed E-state index contributed by atoms with van der Waals surface area (Å²) in [7, 11) is 0. The summed E-state index contributed by atoms with van der Waals surface area (Å²) in [5.74, 6) is -0.257. The number of aromatic nitrogens is 2. The van der Waals surface area contributed by atoms with Crippen molar-refractivity contribution in [3.8, 4) is 0 Å². The molecule has 25 heavy (non-hydrogen) atoms. The van der Waals surface area contributed by atoms with Crippen LogP contribution in [0.15, 0.2) is 47.6 Å². The predicted molar refractivity (Wildman–Crippen MR) is 96.6 cm³/mol. The van der Waals surface area contributed by atoms with Gasteiger partial charge in [0.25, 0.3) is 0 Å². The molecule has 0 spiro atoms. The van der Waals surface area contributed by atoms with E-state index in [0.717, 1.165) is 11.0 Å². The molecule has 0 fully saturated rings. The Morgan fingerprint density at radius 2 is 2.08 bits per heavy atom. The molecular weight excluding hydrogens is 342 g/mol. The first-order chi connectivity index (χ1) is 11.6. The number of aromatic amines is 1. The van der Waals surface area contributed by atoms with Crippen LogP contribution in [-0.4, -0.2) is 32.6 Å². The van der Waals surface area contributed by atoms with Crippen molar-refractivity contribution in [2.45, 2.75) is 17.8 Å². The number of hydrogen-bond donors (Lipinski definition) is 2. The number of nitrogens with zero attached hydrogens (tertiary/aromatic N) is 1. The average molecular weight is 361 g/mol. The van der Waals surface area contributed by atoms with Crippen molar-refractivity contribution in [3.05, 3.63) is 53.6 Å². The monoisotopic (exact) mass is 361 g/mol. The number of fused-ring (bicyclic) bond motifs is 1. The van der Waals surface area contributed by atoms with Gasteiger partial charge in [0.05, 0.1) is 23.2 Å². The Morgan fingerprint density at radius 3 is 2.80 bits per heavy atom. The molecule has 0 amide bonds. The summed E-state index contributed by atoms with van der Waals surface area (Å²) in [6, 6.07) is 12.3. The smallest absolute Gasteiger partial charge is 0.338 e. The van der Waals surface area contributed by atoms with Crippen LogP contribution in [0, 0.1) is 0 Å². The molecule has 2 aromatic carbocycles. The first kappa shape index (κ1) is 18.8. The second kappa shape index (κ2) is 8.02. The van der Waals surface area contributed by atoms with Crippen LogP contribution in [0.1, 0.15) is 22.8 Å². The van der Waals surface area contributed by atoms with E-state index in [4.69, 9.17) is 10.5 Å². The van der Waals surface area contributed by atoms with E-state index in [-0.39, 0.29) is 11.2 Å². The maximum atomic E-state index is 12.6. The van der Waals surface area contributed by atoms with Gasteiger partial charge >= 0.3 is 11.1 Å². The van der Waals surface area contributed by atoms with Crippen molar-refractivity contribution in [1.82, 2.24) is 9.97 Å². The number of benzene rings is 2. The van der Waals surface area contributed by atoms with Crippen molar-refractivity contribution in [2.24, 2.45) is 0 Å². The lowest BCUT2D eigenvalue weighted by atomic mass is 10.1. The molecule has 1 aromatic heterocycles. The molecule has 0 aliphatic heterocycles. The van der Waals surface area contributed by atoms with Crippen LogP contribution < -0.4 is 5.73 Å². The van der Waals surface area contributed by atoms with Gasteiger partial charge in [0.2, 0.25) is 0 Å². The first-order valence-electron chi connectivity index (χ1n) is 7.47. The quantitative estimate of drug-likeness (QED) is 0.406. The minimum atomic E-state index is -1.40. The third-order valence-corrected chi connectivity index (χ3v) is 4.72. The van der Waals surface area contributed by atoms with Crippen molar-refractivity contribution in [2.75, 3.05) is 12.3 Å². The molecule has 0 aliphatic rings. The van der Waals surface area contributed by atoms with Crippen LogP contribution >= 0.6 is 0 Å². The number of rotatable bonds is 5. The molecule has 3 aromatic rings. The molecule has 3 rings (SSSR count). The lowest BCUT2D eigenvalue weighted by molar-refractivity contribution is 0.0526. The maximum absolute atomic E-state index is 12.6. The molecule has 1 atom stereocenters. The van der Waals surface area contributed by atoms with Gasteiger partial charge < -0.3 is 20.5 Å². The van der Waals surface area contributed by atoms with Gasteiger partial charge in [-0.05, 0) is 37.3 Å². The molecule has 1 unspecified atom stereocenters. The number of nitrogens with two attached hydrogens (primary N) is 1. The van der Waals surface area contributed by atoms with E-state index >= 15 is 0 Å². The number of nitrogens with one attached hydrogen (secondary N) is 1. The molecule has 0 saturated carbocycles. The fourth-order valence-electron chi connectivity index (χ4n) is 2.32. The highest BCUT2D eigenvalue weighted by atomic mass is 32.2. The van der Waals surface area contributed by atoms with Gasteiger partial charge in [-0.3, -0.25) is 4.98 Å². The fraction of sp³-hybridized carbons (Fsp3) is 0.176. The van der Waals surface area contributed by atoms with Crippen LogP contribution in [0.25, 0.3) is 11.0 Å². The first-order valence-corrected chi connectivity index (χ1v) is 8.79. The van der Waals surface area contributed by atoms with Crippen molar-refractivity contribution < 1.29 is 19.6 Å². The molecular formula is C17H19N3O4S. The summed E-state index contributed by atoms with van der Waals surface area (Å²) >= 11 is -1.40. The zero-order chi connectivity index (χ0) is 17.1. The van der Waals surface area contributed by atoms with Crippen LogP contribution in [0.4, 0.5) is 5.69 Å². The van der Waals surface area contributed by atoms with Crippen molar-refractivity contribution >= 4 is 33.9 Å². The second-order valence-electron chi connectivity index (χ2n) is 5.18.